The molecule has 0 aliphatic carbocycles. The van der Waals surface area contributed by atoms with E-state index in [1.165, 1.54) is 27.4 Å². The molecule has 7 nitrogen and oxygen atoms in total. The zero-order valence-corrected chi connectivity index (χ0v) is 15.1. The van der Waals surface area contributed by atoms with Gasteiger partial charge in [0.25, 0.3) is 5.91 Å². The number of benzene rings is 2. The van der Waals surface area contributed by atoms with Crippen molar-refractivity contribution in [3.63, 3.8) is 0 Å². The number of esters is 1. The highest BCUT2D eigenvalue weighted by molar-refractivity contribution is 6.09. The quantitative estimate of drug-likeness (QED) is 0.765. The molecular formula is C19H21NO6. The average Bonchev–Trinajstić information content (AvgIpc) is 2.67. The van der Waals surface area contributed by atoms with Crippen molar-refractivity contribution in [1.29, 1.82) is 0 Å². The normalized spacial score (nSPS) is 10.0. The average molecular weight is 359 g/mol. The van der Waals surface area contributed by atoms with Crippen molar-refractivity contribution in [2.24, 2.45) is 0 Å². The Labute approximate surface area is 151 Å². The van der Waals surface area contributed by atoms with Gasteiger partial charge >= 0.3 is 5.97 Å². The number of methoxy groups -OCH3 is 3. The molecule has 138 valence electrons. The third-order valence-corrected chi connectivity index (χ3v) is 3.62. The topological polar surface area (TPSA) is 83.1 Å². The Morgan fingerprint density at radius 2 is 1.50 bits per heavy atom. The fourth-order valence-corrected chi connectivity index (χ4v) is 2.38. The van der Waals surface area contributed by atoms with E-state index in [1.807, 2.05) is 0 Å². The van der Waals surface area contributed by atoms with Gasteiger partial charge in [0.05, 0.1) is 44.8 Å². The van der Waals surface area contributed by atoms with E-state index in [-0.39, 0.29) is 17.7 Å². The fraction of sp³-hybridized carbons (Fsp3) is 0.263. The van der Waals surface area contributed by atoms with Crippen LogP contribution in [0.2, 0.25) is 0 Å². The molecule has 0 atom stereocenters. The first kappa shape index (κ1) is 19.1. The second kappa shape index (κ2) is 8.75. The smallest absolute Gasteiger partial charge is 0.340 e. The van der Waals surface area contributed by atoms with Gasteiger partial charge in [0.2, 0.25) is 0 Å². The molecule has 0 aliphatic heterocycles. The number of anilines is 1. The van der Waals surface area contributed by atoms with Crippen molar-refractivity contribution < 1.29 is 28.5 Å². The first-order valence-electron chi connectivity index (χ1n) is 7.93. The van der Waals surface area contributed by atoms with Crippen LogP contribution in [-0.2, 0) is 4.74 Å². The molecule has 2 aromatic carbocycles. The maximum absolute atomic E-state index is 12.8. The summed E-state index contributed by atoms with van der Waals surface area (Å²) in [7, 11) is 4.42. The van der Waals surface area contributed by atoms with Crippen LogP contribution in [0.4, 0.5) is 5.69 Å². The third kappa shape index (κ3) is 4.05. The number of amides is 1. The highest BCUT2D eigenvalue weighted by Gasteiger charge is 2.20. The molecular weight excluding hydrogens is 338 g/mol. The molecule has 0 radical (unpaired) electrons. The minimum Gasteiger partial charge on any atom is -0.496 e. The molecule has 2 rings (SSSR count). The Morgan fingerprint density at radius 3 is 2.12 bits per heavy atom. The number of nitrogens with one attached hydrogen (secondary N) is 1. The number of hydrogen-bond acceptors (Lipinski definition) is 6. The lowest BCUT2D eigenvalue weighted by Crippen LogP contribution is -2.17. The van der Waals surface area contributed by atoms with E-state index in [4.69, 9.17) is 18.9 Å². The van der Waals surface area contributed by atoms with Crippen LogP contribution in [0.25, 0.3) is 0 Å². The molecule has 0 spiro atoms. The summed E-state index contributed by atoms with van der Waals surface area (Å²) in [5.74, 6) is 0.168. The van der Waals surface area contributed by atoms with Gasteiger partial charge in [0.15, 0.2) is 11.5 Å². The molecule has 0 aromatic heterocycles. The summed E-state index contributed by atoms with van der Waals surface area (Å²) >= 11 is 0. The van der Waals surface area contributed by atoms with Crippen molar-refractivity contribution in [1.82, 2.24) is 0 Å². The van der Waals surface area contributed by atoms with Gasteiger partial charge in [0, 0.05) is 12.1 Å². The fourth-order valence-electron chi connectivity index (χ4n) is 2.38. The molecule has 0 saturated heterocycles. The minimum atomic E-state index is -0.511. The van der Waals surface area contributed by atoms with Crippen LogP contribution >= 0.6 is 0 Å². The van der Waals surface area contributed by atoms with Crippen LogP contribution in [0.15, 0.2) is 36.4 Å². The van der Waals surface area contributed by atoms with Gasteiger partial charge in [-0.2, -0.15) is 0 Å². The summed E-state index contributed by atoms with van der Waals surface area (Å²) in [5.41, 5.74) is 0.846. The first-order valence-corrected chi connectivity index (χ1v) is 7.93. The third-order valence-electron chi connectivity index (χ3n) is 3.62. The second-order valence-corrected chi connectivity index (χ2v) is 5.13. The maximum Gasteiger partial charge on any atom is 0.340 e. The Kier molecular flexibility index (Phi) is 6.43. The summed E-state index contributed by atoms with van der Waals surface area (Å²) in [6.07, 6.45) is 0. The Bertz CT molecular complexity index is 803. The number of carbonyl (C=O) groups excluding carboxylic acids is 2. The van der Waals surface area contributed by atoms with Gasteiger partial charge in [-0.05, 0) is 19.1 Å². The number of ether oxygens (including phenoxy) is 4. The zero-order valence-electron chi connectivity index (χ0n) is 15.1. The number of carbonyl (C=O) groups is 2. The Balaban J connectivity index is 2.38. The molecule has 0 aliphatic rings. The van der Waals surface area contributed by atoms with Gasteiger partial charge in [-0.15, -0.1) is 0 Å². The van der Waals surface area contributed by atoms with Gasteiger partial charge in [-0.1, -0.05) is 12.1 Å². The standard InChI is InChI=1S/C19H21NO6/c1-5-26-19(22)12-8-6-7-9-14(12)20-18(21)13-10-16(24-3)17(25-4)11-15(13)23-2/h6-11H,5H2,1-4H3,(H,20,21). The largest absolute Gasteiger partial charge is 0.496 e. The van der Waals surface area contributed by atoms with Crippen molar-refractivity contribution in [2.45, 2.75) is 6.92 Å². The molecule has 1 amide bonds. The number of hydrogen-bond donors (Lipinski definition) is 1. The van der Waals surface area contributed by atoms with E-state index in [2.05, 4.69) is 5.32 Å². The predicted octanol–water partition coefficient (Wildman–Crippen LogP) is 3.14. The summed E-state index contributed by atoms with van der Waals surface area (Å²) in [5, 5.41) is 2.71. The van der Waals surface area contributed by atoms with Gasteiger partial charge in [0.1, 0.15) is 5.75 Å². The SMILES string of the molecule is CCOC(=O)c1ccccc1NC(=O)c1cc(OC)c(OC)cc1OC. The highest BCUT2D eigenvalue weighted by Crippen LogP contribution is 2.35. The van der Waals surface area contributed by atoms with Crippen LogP contribution in [0.5, 0.6) is 17.2 Å². The second-order valence-electron chi connectivity index (χ2n) is 5.13. The molecule has 0 fully saturated rings. The van der Waals surface area contributed by atoms with E-state index in [9.17, 15) is 9.59 Å². The van der Waals surface area contributed by atoms with Gasteiger partial charge in [-0.3, -0.25) is 4.79 Å². The van der Waals surface area contributed by atoms with Gasteiger partial charge < -0.3 is 24.3 Å². The Hall–Kier alpha value is -3.22. The summed E-state index contributed by atoms with van der Waals surface area (Å²) in [6, 6.07) is 9.69. The summed E-state index contributed by atoms with van der Waals surface area (Å²) in [4.78, 5) is 24.8. The molecule has 0 bridgehead atoms. The Morgan fingerprint density at radius 1 is 0.885 bits per heavy atom. The lowest BCUT2D eigenvalue weighted by Gasteiger charge is -2.15. The highest BCUT2D eigenvalue weighted by atomic mass is 16.5. The van der Waals surface area contributed by atoms with Crippen molar-refractivity contribution in [2.75, 3.05) is 33.3 Å². The molecule has 0 unspecified atom stereocenters. The molecule has 26 heavy (non-hydrogen) atoms. The molecule has 7 heteroatoms. The van der Waals surface area contributed by atoms with Crippen LogP contribution in [0, 0.1) is 0 Å². The predicted molar refractivity (Wildman–Crippen MR) is 96.4 cm³/mol. The van der Waals surface area contributed by atoms with Crippen LogP contribution < -0.4 is 19.5 Å². The van der Waals surface area contributed by atoms with E-state index in [0.717, 1.165) is 0 Å². The molecule has 2 aromatic rings. The van der Waals surface area contributed by atoms with Crippen molar-refractivity contribution >= 4 is 17.6 Å². The minimum absolute atomic E-state index is 0.240. The first-order chi connectivity index (χ1) is 12.5. The molecule has 1 N–H and O–H groups in total. The van der Waals surface area contributed by atoms with Crippen molar-refractivity contribution in [3.05, 3.63) is 47.5 Å². The number of para-hydroxylation sites is 1. The van der Waals surface area contributed by atoms with Crippen LogP contribution in [0.1, 0.15) is 27.6 Å². The lowest BCUT2D eigenvalue weighted by molar-refractivity contribution is 0.0527. The molecule has 0 saturated carbocycles. The summed E-state index contributed by atoms with van der Waals surface area (Å²) in [6.45, 7) is 1.96. The van der Waals surface area contributed by atoms with E-state index in [1.54, 1.807) is 37.3 Å². The van der Waals surface area contributed by atoms with E-state index >= 15 is 0 Å². The lowest BCUT2D eigenvalue weighted by atomic mass is 10.1. The van der Waals surface area contributed by atoms with Crippen LogP contribution in [-0.4, -0.2) is 39.8 Å². The zero-order chi connectivity index (χ0) is 19.1. The monoisotopic (exact) mass is 359 g/mol. The molecule has 0 heterocycles. The van der Waals surface area contributed by atoms with Crippen molar-refractivity contribution in [3.8, 4) is 17.2 Å². The van der Waals surface area contributed by atoms with Gasteiger partial charge in [-0.25, -0.2) is 4.79 Å². The van der Waals surface area contributed by atoms with E-state index in [0.29, 0.717) is 22.9 Å². The number of rotatable bonds is 7. The van der Waals surface area contributed by atoms with E-state index < -0.39 is 11.9 Å². The summed E-state index contributed by atoms with van der Waals surface area (Å²) < 4.78 is 20.7. The van der Waals surface area contributed by atoms with Crippen LogP contribution in [0.3, 0.4) is 0 Å². The maximum atomic E-state index is 12.8.